The van der Waals surface area contributed by atoms with Crippen molar-refractivity contribution >= 4 is 11.6 Å². The molecule has 0 amide bonds. The Bertz CT molecular complexity index is 503. The predicted molar refractivity (Wildman–Crippen MR) is 97.0 cm³/mol. The maximum Gasteiger partial charge on any atom is 0.185 e. The lowest BCUT2D eigenvalue weighted by Gasteiger charge is -2.37. The predicted octanol–water partition coefficient (Wildman–Crippen LogP) is 3.94. The molecular weight excluding hydrogens is 284 g/mol. The van der Waals surface area contributed by atoms with Gasteiger partial charge in [-0.05, 0) is 43.4 Å². The third-order valence-electron chi connectivity index (χ3n) is 5.43. The van der Waals surface area contributed by atoms with Crippen molar-refractivity contribution in [2.45, 2.75) is 75.8 Å². The normalized spacial score (nSPS) is 25.7. The van der Waals surface area contributed by atoms with E-state index in [0.717, 1.165) is 6.42 Å². The molecule has 2 saturated carbocycles. The Morgan fingerprint density at radius 2 is 1.57 bits per heavy atom. The number of benzene rings is 1. The van der Waals surface area contributed by atoms with Crippen molar-refractivity contribution < 1.29 is 0 Å². The van der Waals surface area contributed by atoms with Gasteiger partial charge in [0.1, 0.15) is 0 Å². The van der Waals surface area contributed by atoms with E-state index in [4.69, 9.17) is 11.1 Å². The second-order valence-corrected chi connectivity index (χ2v) is 7.16. The second-order valence-electron chi connectivity index (χ2n) is 7.16. The molecule has 126 valence electrons. The third-order valence-corrected chi connectivity index (χ3v) is 5.43. The summed E-state index contributed by atoms with van der Waals surface area (Å²) in [5, 5.41) is 14.2. The summed E-state index contributed by atoms with van der Waals surface area (Å²) in [5.74, 6) is 0.580. The molecule has 2 atom stereocenters. The van der Waals surface area contributed by atoms with E-state index in [1.807, 2.05) is 0 Å². The van der Waals surface area contributed by atoms with Crippen LogP contribution in [0.25, 0.3) is 0 Å². The van der Waals surface area contributed by atoms with Crippen LogP contribution < -0.4 is 16.4 Å². The third kappa shape index (κ3) is 4.40. The lowest BCUT2D eigenvalue weighted by molar-refractivity contribution is 0.317. The van der Waals surface area contributed by atoms with Gasteiger partial charge in [-0.2, -0.15) is 0 Å². The quantitative estimate of drug-likeness (QED) is 0.502. The smallest absolute Gasteiger partial charge is 0.185 e. The first-order valence-corrected chi connectivity index (χ1v) is 9.19. The van der Waals surface area contributed by atoms with Crippen molar-refractivity contribution in [3.8, 4) is 0 Å². The van der Waals surface area contributed by atoms with Crippen LogP contribution in [-0.2, 0) is 0 Å². The SMILES string of the molecule is N=C(N)NC1CCC1c1ccc(NC2CCCCCCC2)cc1. The van der Waals surface area contributed by atoms with Crippen molar-refractivity contribution in [3.05, 3.63) is 29.8 Å². The van der Waals surface area contributed by atoms with Crippen molar-refractivity contribution in [2.75, 3.05) is 5.32 Å². The highest BCUT2D eigenvalue weighted by atomic mass is 15.1. The molecule has 0 heterocycles. The summed E-state index contributed by atoms with van der Waals surface area (Å²) in [6, 6.07) is 9.89. The minimum Gasteiger partial charge on any atom is -0.382 e. The van der Waals surface area contributed by atoms with E-state index in [-0.39, 0.29) is 5.96 Å². The average molecular weight is 314 g/mol. The molecule has 2 fully saturated rings. The molecule has 23 heavy (non-hydrogen) atoms. The zero-order valence-electron chi connectivity index (χ0n) is 14.0. The van der Waals surface area contributed by atoms with Gasteiger partial charge in [0.2, 0.25) is 0 Å². The number of guanidine groups is 1. The maximum atomic E-state index is 7.38. The summed E-state index contributed by atoms with van der Waals surface area (Å²) in [7, 11) is 0. The molecule has 4 heteroatoms. The van der Waals surface area contributed by atoms with Gasteiger partial charge in [0.15, 0.2) is 5.96 Å². The van der Waals surface area contributed by atoms with Gasteiger partial charge in [-0.1, -0.05) is 44.2 Å². The largest absolute Gasteiger partial charge is 0.382 e. The lowest BCUT2D eigenvalue weighted by atomic mass is 9.75. The molecule has 2 aliphatic rings. The van der Waals surface area contributed by atoms with Crippen LogP contribution in [0.15, 0.2) is 24.3 Å². The molecule has 0 bridgehead atoms. The zero-order chi connectivity index (χ0) is 16.1. The standard InChI is InChI=1S/C19H30N4/c20-19(21)23-18-13-12-17(18)14-8-10-16(11-9-14)22-15-6-4-2-1-3-5-7-15/h8-11,15,17-18,22H,1-7,12-13H2,(H4,20,21,23). The minimum atomic E-state index is 0.0854. The van der Waals surface area contributed by atoms with E-state index in [2.05, 4.69) is 34.9 Å². The van der Waals surface area contributed by atoms with Crippen molar-refractivity contribution in [1.82, 2.24) is 5.32 Å². The number of nitrogens with one attached hydrogen (secondary N) is 3. The van der Waals surface area contributed by atoms with E-state index < -0.39 is 0 Å². The highest BCUT2D eigenvalue weighted by Gasteiger charge is 2.32. The summed E-state index contributed by atoms with van der Waals surface area (Å²) in [5.41, 5.74) is 8.06. The summed E-state index contributed by atoms with van der Waals surface area (Å²) < 4.78 is 0. The molecule has 1 aromatic rings. The molecule has 1 aromatic carbocycles. The Kier molecular flexibility index (Phi) is 5.42. The first kappa shape index (κ1) is 16.2. The molecule has 5 N–H and O–H groups in total. The van der Waals surface area contributed by atoms with Gasteiger partial charge in [-0.3, -0.25) is 5.41 Å². The van der Waals surface area contributed by atoms with Crippen LogP contribution in [-0.4, -0.2) is 18.0 Å². The minimum absolute atomic E-state index is 0.0854. The van der Waals surface area contributed by atoms with Crippen molar-refractivity contribution in [1.29, 1.82) is 5.41 Å². The Hall–Kier alpha value is -1.71. The Balaban J connectivity index is 1.55. The number of hydrogen-bond acceptors (Lipinski definition) is 2. The zero-order valence-corrected chi connectivity index (χ0v) is 14.0. The van der Waals surface area contributed by atoms with Crippen molar-refractivity contribution in [3.63, 3.8) is 0 Å². The Morgan fingerprint density at radius 3 is 2.13 bits per heavy atom. The van der Waals surface area contributed by atoms with Crippen LogP contribution in [0.3, 0.4) is 0 Å². The molecule has 3 rings (SSSR count). The van der Waals surface area contributed by atoms with E-state index in [1.54, 1.807) is 0 Å². The van der Waals surface area contributed by atoms with Gasteiger partial charge < -0.3 is 16.4 Å². The molecule has 0 spiro atoms. The second kappa shape index (κ2) is 7.71. The molecule has 0 saturated heterocycles. The topological polar surface area (TPSA) is 73.9 Å². The van der Waals surface area contributed by atoms with Gasteiger partial charge in [-0.25, -0.2) is 0 Å². The highest BCUT2D eigenvalue weighted by Crippen LogP contribution is 2.37. The molecule has 0 radical (unpaired) electrons. The average Bonchev–Trinajstić information content (AvgIpc) is 2.48. The molecule has 2 aliphatic carbocycles. The van der Waals surface area contributed by atoms with Crippen LogP contribution in [0.4, 0.5) is 5.69 Å². The molecule has 0 aromatic heterocycles. The maximum absolute atomic E-state index is 7.38. The van der Waals surface area contributed by atoms with Gasteiger partial charge in [0, 0.05) is 23.7 Å². The monoisotopic (exact) mass is 314 g/mol. The van der Waals surface area contributed by atoms with E-state index in [9.17, 15) is 0 Å². The molecular formula is C19H30N4. The van der Waals surface area contributed by atoms with Crippen molar-refractivity contribution in [2.24, 2.45) is 5.73 Å². The number of rotatable bonds is 4. The van der Waals surface area contributed by atoms with Gasteiger partial charge >= 0.3 is 0 Å². The summed E-state index contributed by atoms with van der Waals surface area (Å²) in [6.45, 7) is 0. The van der Waals surface area contributed by atoms with Gasteiger partial charge in [0.25, 0.3) is 0 Å². The Labute approximate surface area is 139 Å². The van der Waals surface area contributed by atoms with Gasteiger partial charge in [0.05, 0.1) is 0 Å². The Morgan fingerprint density at radius 1 is 0.913 bits per heavy atom. The first-order chi connectivity index (χ1) is 11.2. The summed E-state index contributed by atoms with van der Waals surface area (Å²) in [6.07, 6.45) is 11.8. The van der Waals surface area contributed by atoms with Crippen LogP contribution >= 0.6 is 0 Å². The van der Waals surface area contributed by atoms with E-state index in [0.29, 0.717) is 18.0 Å². The van der Waals surface area contributed by atoms with Crippen LogP contribution in [0.5, 0.6) is 0 Å². The van der Waals surface area contributed by atoms with Crippen LogP contribution in [0.1, 0.15) is 69.3 Å². The summed E-state index contributed by atoms with van der Waals surface area (Å²) >= 11 is 0. The fourth-order valence-electron chi connectivity index (χ4n) is 3.93. The number of anilines is 1. The molecule has 2 unspecified atom stereocenters. The van der Waals surface area contributed by atoms with E-state index >= 15 is 0 Å². The lowest BCUT2D eigenvalue weighted by Crippen LogP contribution is -2.47. The molecule has 4 nitrogen and oxygen atoms in total. The highest BCUT2D eigenvalue weighted by molar-refractivity contribution is 5.74. The van der Waals surface area contributed by atoms with Gasteiger partial charge in [-0.15, -0.1) is 0 Å². The molecule has 0 aliphatic heterocycles. The summed E-state index contributed by atoms with van der Waals surface area (Å²) in [4.78, 5) is 0. The number of nitrogens with two attached hydrogens (primary N) is 1. The van der Waals surface area contributed by atoms with E-state index in [1.165, 1.54) is 62.6 Å². The van der Waals surface area contributed by atoms with Crippen LogP contribution in [0, 0.1) is 5.41 Å². The first-order valence-electron chi connectivity index (χ1n) is 9.19. The number of hydrogen-bond donors (Lipinski definition) is 4. The fourth-order valence-corrected chi connectivity index (χ4v) is 3.93. The van der Waals surface area contributed by atoms with Crippen LogP contribution in [0.2, 0.25) is 0 Å². The fraction of sp³-hybridized carbons (Fsp3) is 0.632.